The first-order valence-electron chi connectivity index (χ1n) is 7.41. The zero-order valence-electron chi connectivity index (χ0n) is 12.5. The third-order valence-corrected chi connectivity index (χ3v) is 3.81. The molecule has 1 N–H and O–H groups in total. The van der Waals surface area contributed by atoms with Gasteiger partial charge in [0.25, 0.3) is 0 Å². The molecule has 1 aliphatic heterocycles. The molecule has 1 amide bonds. The second-order valence-electron chi connectivity index (χ2n) is 5.78. The molecule has 2 aromatic heterocycles. The number of aryl methyl sites for hydroxylation is 4. The average Bonchev–Trinajstić information content (AvgIpc) is 3.01. The molecule has 21 heavy (non-hydrogen) atoms. The van der Waals surface area contributed by atoms with Crippen molar-refractivity contribution >= 4 is 5.91 Å². The second-order valence-corrected chi connectivity index (χ2v) is 5.78. The summed E-state index contributed by atoms with van der Waals surface area (Å²) in [7, 11) is 0. The summed E-state index contributed by atoms with van der Waals surface area (Å²) in [6, 6.07) is 0.206. The molecule has 0 fully saturated rings. The van der Waals surface area contributed by atoms with Gasteiger partial charge in [-0.2, -0.15) is 5.10 Å². The summed E-state index contributed by atoms with van der Waals surface area (Å²) in [5, 5.41) is 7.31. The first kappa shape index (κ1) is 13.9. The van der Waals surface area contributed by atoms with Crippen LogP contribution < -0.4 is 5.32 Å². The van der Waals surface area contributed by atoms with Crippen LogP contribution in [-0.4, -0.2) is 31.3 Å². The van der Waals surface area contributed by atoms with E-state index >= 15 is 0 Å². The Labute approximate surface area is 124 Å². The molecule has 0 saturated heterocycles. The van der Waals surface area contributed by atoms with Gasteiger partial charge in [-0.05, 0) is 25.8 Å². The van der Waals surface area contributed by atoms with Crippen LogP contribution >= 0.6 is 0 Å². The van der Waals surface area contributed by atoms with Gasteiger partial charge < -0.3 is 9.88 Å². The quantitative estimate of drug-likeness (QED) is 0.919. The molecule has 0 radical (unpaired) electrons. The van der Waals surface area contributed by atoms with E-state index in [4.69, 9.17) is 0 Å². The van der Waals surface area contributed by atoms with E-state index in [1.807, 2.05) is 30.9 Å². The van der Waals surface area contributed by atoms with E-state index in [2.05, 4.69) is 26.2 Å². The van der Waals surface area contributed by atoms with Crippen molar-refractivity contribution in [2.45, 2.75) is 52.2 Å². The van der Waals surface area contributed by atoms with Crippen LogP contribution in [0.3, 0.4) is 0 Å². The molecule has 6 nitrogen and oxygen atoms in total. The Morgan fingerprint density at radius 3 is 3.05 bits per heavy atom. The maximum Gasteiger partial charge on any atom is 0.222 e. The van der Waals surface area contributed by atoms with Gasteiger partial charge in [0, 0.05) is 44.4 Å². The van der Waals surface area contributed by atoms with Gasteiger partial charge in [-0.1, -0.05) is 0 Å². The normalized spacial score (nSPS) is 17.5. The van der Waals surface area contributed by atoms with E-state index < -0.39 is 0 Å². The van der Waals surface area contributed by atoms with Gasteiger partial charge in [0.05, 0.1) is 11.9 Å². The van der Waals surface area contributed by atoms with Gasteiger partial charge in [-0.3, -0.25) is 9.48 Å². The van der Waals surface area contributed by atoms with Crippen LogP contribution in [-0.2, 0) is 24.3 Å². The molecule has 0 unspecified atom stereocenters. The predicted octanol–water partition coefficient (Wildman–Crippen LogP) is 1.22. The summed E-state index contributed by atoms with van der Waals surface area (Å²) in [4.78, 5) is 16.5. The molecule has 3 rings (SSSR count). The van der Waals surface area contributed by atoms with E-state index in [0.29, 0.717) is 13.0 Å². The Hall–Kier alpha value is -2.11. The van der Waals surface area contributed by atoms with Gasteiger partial charge in [0.15, 0.2) is 0 Å². The average molecular weight is 287 g/mol. The molecule has 1 atom stereocenters. The minimum absolute atomic E-state index is 0.0911. The molecule has 1 aliphatic rings. The van der Waals surface area contributed by atoms with Crippen LogP contribution in [0.4, 0.5) is 0 Å². The zero-order valence-corrected chi connectivity index (χ0v) is 12.5. The van der Waals surface area contributed by atoms with Crippen molar-refractivity contribution in [2.24, 2.45) is 0 Å². The largest absolute Gasteiger partial charge is 0.352 e. The number of aromatic nitrogens is 4. The SMILES string of the molecule is Cc1cnn(CCC(=O)N[C@@H]2CCc3nc(C)cn3C2)c1. The van der Waals surface area contributed by atoms with Crippen molar-refractivity contribution < 1.29 is 4.79 Å². The zero-order chi connectivity index (χ0) is 14.8. The Morgan fingerprint density at radius 1 is 1.43 bits per heavy atom. The van der Waals surface area contributed by atoms with E-state index in [9.17, 15) is 4.79 Å². The number of rotatable bonds is 4. The second kappa shape index (κ2) is 5.71. The van der Waals surface area contributed by atoms with Crippen molar-refractivity contribution in [3.05, 3.63) is 35.7 Å². The summed E-state index contributed by atoms with van der Waals surface area (Å²) in [5.41, 5.74) is 2.16. The molecular formula is C15H21N5O. The lowest BCUT2D eigenvalue weighted by atomic mass is 10.1. The van der Waals surface area contributed by atoms with Gasteiger partial charge >= 0.3 is 0 Å². The van der Waals surface area contributed by atoms with Gasteiger partial charge in [-0.15, -0.1) is 0 Å². The fourth-order valence-electron chi connectivity index (χ4n) is 2.81. The van der Waals surface area contributed by atoms with Crippen LogP contribution in [0.25, 0.3) is 0 Å². The highest BCUT2D eigenvalue weighted by Gasteiger charge is 2.20. The Bertz CT molecular complexity index is 642. The minimum atomic E-state index is 0.0911. The Kier molecular flexibility index (Phi) is 3.77. The number of nitrogens with zero attached hydrogens (tertiary/aromatic N) is 4. The molecule has 0 aromatic carbocycles. The van der Waals surface area contributed by atoms with Gasteiger partial charge in [0.2, 0.25) is 5.91 Å². The van der Waals surface area contributed by atoms with E-state index in [1.165, 1.54) is 0 Å². The van der Waals surface area contributed by atoms with Crippen LogP contribution in [0.2, 0.25) is 0 Å². The molecule has 0 saturated carbocycles. The third kappa shape index (κ3) is 3.32. The van der Waals surface area contributed by atoms with Crippen molar-refractivity contribution in [1.29, 1.82) is 0 Å². The molecule has 0 spiro atoms. The monoisotopic (exact) mass is 287 g/mol. The first-order chi connectivity index (χ1) is 10.1. The molecule has 3 heterocycles. The van der Waals surface area contributed by atoms with Crippen LogP contribution in [0, 0.1) is 13.8 Å². The molecule has 2 aromatic rings. The lowest BCUT2D eigenvalue weighted by Crippen LogP contribution is -2.41. The smallest absolute Gasteiger partial charge is 0.222 e. The number of nitrogens with one attached hydrogen (secondary N) is 1. The Morgan fingerprint density at radius 2 is 2.29 bits per heavy atom. The first-order valence-corrected chi connectivity index (χ1v) is 7.41. The number of hydrogen-bond acceptors (Lipinski definition) is 3. The number of fused-ring (bicyclic) bond motifs is 1. The highest BCUT2D eigenvalue weighted by molar-refractivity contribution is 5.76. The van der Waals surface area contributed by atoms with Gasteiger partial charge in [-0.25, -0.2) is 4.98 Å². The molecule has 6 heteroatoms. The Balaban J connectivity index is 1.49. The van der Waals surface area contributed by atoms with Crippen LogP contribution in [0.1, 0.15) is 29.9 Å². The summed E-state index contributed by atoms with van der Waals surface area (Å²) >= 11 is 0. The topological polar surface area (TPSA) is 64.7 Å². The third-order valence-electron chi connectivity index (χ3n) is 3.81. The maximum atomic E-state index is 12.0. The number of carbonyl (C=O) groups is 1. The molecular weight excluding hydrogens is 266 g/mol. The fraction of sp³-hybridized carbons (Fsp3) is 0.533. The van der Waals surface area contributed by atoms with E-state index in [1.54, 1.807) is 0 Å². The lowest BCUT2D eigenvalue weighted by Gasteiger charge is -2.24. The highest BCUT2D eigenvalue weighted by atomic mass is 16.1. The van der Waals surface area contributed by atoms with Crippen molar-refractivity contribution in [2.75, 3.05) is 0 Å². The maximum absolute atomic E-state index is 12.0. The standard InChI is InChI=1S/C15H21N5O/c1-11-7-16-20(8-11)6-5-15(21)18-13-3-4-14-17-12(2)9-19(14)10-13/h7-9,13H,3-6,10H2,1-2H3,(H,18,21)/t13-/m1/s1. The summed E-state index contributed by atoms with van der Waals surface area (Å²) in [6.45, 7) is 5.45. The highest BCUT2D eigenvalue weighted by Crippen LogP contribution is 2.15. The fourth-order valence-corrected chi connectivity index (χ4v) is 2.81. The number of hydrogen-bond donors (Lipinski definition) is 1. The van der Waals surface area contributed by atoms with E-state index in [0.717, 1.165) is 36.5 Å². The van der Waals surface area contributed by atoms with Crippen molar-refractivity contribution in [3.8, 4) is 0 Å². The van der Waals surface area contributed by atoms with Crippen LogP contribution in [0.15, 0.2) is 18.6 Å². The molecule has 0 aliphatic carbocycles. The number of carbonyl (C=O) groups excluding carboxylic acids is 1. The lowest BCUT2D eigenvalue weighted by molar-refractivity contribution is -0.122. The van der Waals surface area contributed by atoms with Crippen molar-refractivity contribution in [3.63, 3.8) is 0 Å². The van der Waals surface area contributed by atoms with Crippen LogP contribution in [0.5, 0.6) is 0 Å². The number of amides is 1. The van der Waals surface area contributed by atoms with Gasteiger partial charge in [0.1, 0.15) is 5.82 Å². The minimum Gasteiger partial charge on any atom is -0.352 e. The summed E-state index contributed by atoms with van der Waals surface area (Å²) < 4.78 is 3.97. The summed E-state index contributed by atoms with van der Waals surface area (Å²) in [6.07, 6.45) is 8.17. The van der Waals surface area contributed by atoms with Crippen molar-refractivity contribution in [1.82, 2.24) is 24.6 Å². The molecule has 112 valence electrons. The predicted molar refractivity (Wildman–Crippen MR) is 78.8 cm³/mol. The van der Waals surface area contributed by atoms with E-state index in [-0.39, 0.29) is 11.9 Å². The number of imidazole rings is 1. The summed E-state index contributed by atoms with van der Waals surface area (Å²) in [5.74, 6) is 1.22. The molecule has 0 bridgehead atoms.